The molecule has 0 aromatic heterocycles. The summed E-state index contributed by atoms with van der Waals surface area (Å²) in [6.45, 7) is 4.31. The van der Waals surface area contributed by atoms with Gasteiger partial charge in [-0.05, 0) is 36.5 Å². The van der Waals surface area contributed by atoms with Crippen LogP contribution >= 0.6 is 12.4 Å². The van der Waals surface area contributed by atoms with E-state index >= 15 is 0 Å². The molecule has 0 saturated heterocycles. The maximum absolute atomic E-state index is 9.32. The van der Waals surface area contributed by atoms with Gasteiger partial charge in [0.05, 0.1) is 0 Å². The summed E-state index contributed by atoms with van der Waals surface area (Å²) in [4.78, 5) is 0. The fourth-order valence-electron chi connectivity index (χ4n) is 1.45. The fraction of sp³-hybridized carbons (Fsp3) is 0.500. The van der Waals surface area contributed by atoms with Crippen molar-refractivity contribution in [2.45, 2.75) is 32.7 Å². The minimum atomic E-state index is -0.104. The number of phenols is 2. The minimum absolute atomic E-state index is 0. The van der Waals surface area contributed by atoms with E-state index in [-0.39, 0.29) is 29.9 Å². The molecule has 0 radical (unpaired) electrons. The van der Waals surface area contributed by atoms with Gasteiger partial charge >= 0.3 is 0 Å². The van der Waals surface area contributed by atoms with Gasteiger partial charge in [0.1, 0.15) is 0 Å². The van der Waals surface area contributed by atoms with Gasteiger partial charge in [-0.25, -0.2) is 0 Å². The van der Waals surface area contributed by atoms with E-state index < -0.39 is 0 Å². The average Bonchev–Trinajstić information content (AvgIpc) is 2.18. The molecule has 1 aromatic carbocycles. The number of hydrogen-bond donors (Lipinski definition) is 3. The van der Waals surface area contributed by atoms with Crippen molar-refractivity contribution in [3.63, 3.8) is 0 Å². The Morgan fingerprint density at radius 3 is 2.25 bits per heavy atom. The number of phenolic OH excluding ortho intramolecular Hbond substituents is 2. The van der Waals surface area contributed by atoms with E-state index in [1.54, 1.807) is 6.07 Å². The molecule has 0 fully saturated rings. The topological polar surface area (TPSA) is 66.5 Å². The van der Waals surface area contributed by atoms with Crippen molar-refractivity contribution in [2.24, 2.45) is 11.7 Å². The number of rotatable bonds is 4. The zero-order chi connectivity index (χ0) is 11.4. The highest BCUT2D eigenvalue weighted by Gasteiger charge is 2.09. The van der Waals surface area contributed by atoms with Crippen molar-refractivity contribution < 1.29 is 10.2 Å². The third kappa shape index (κ3) is 4.29. The van der Waals surface area contributed by atoms with E-state index in [0.29, 0.717) is 5.92 Å². The van der Waals surface area contributed by atoms with Crippen LogP contribution in [0.15, 0.2) is 18.2 Å². The predicted molar refractivity (Wildman–Crippen MR) is 68.0 cm³/mol. The highest BCUT2D eigenvalue weighted by Crippen LogP contribution is 2.28. The Morgan fingerprint density at radius 1 is 1.12 bits per heavy atom. The summed E-state index contributed by atoms with van der Waals surface area (Å²) in [5.41, 5.74) is 6.84. The zero-order valence-electron chi connectivity index (χ0n) is 9.68. The van der Waals surface area contributed by atoms with E-state index in [9.17, 15) is 5.11 Å². The highest BCUT2D eigenvalue weighted by molar-refractivity contribution is 5.85. The molecule has 0 aliphatic carbocycles. The van der Waals surface area contributed by atoms with Crippen LogP contribution in [-0.2, 0) is 0 Å². The van der Waals surface area contributed by atoms with E-state index in [2.05, 4.69) is 13.8 Å². The largest absolute Gasteiger partial charge is 0.504 e. The number of nitrogens with two attached hydrogens (primary N) is 1. The third-order valence-corrected chi connectivity index (χ3v) is 2.48. The molecular formula is C12H20ClNO2. The second kappa shape index (κ2) is 6.61. The first-order chi connectivity index (χ1) is 7.00. The van der Waals surface area contributed by atoms with E-state index in [0.717, 1.165) is 18.4 Å². The molecule has 0 aliphatic heterocycles. The van der Waals surface area contributed by atoms with E-state index in [4.69, 9.17) is 10.8 Å². The Labute approximate surface area is 103 Å². The molecule has 0 unspecified atom stereocenters. The van der Waals surface area contributed by atoms with Crippen molar-refractivity contribution in [1.29, 1.82) is 0 Å². The highest BCUT2D eigenvalue weighted by atomic mass is 35.5. The molecule has 16 heavy (non-hydrogen) atoms. The van der Waals surface area contributed by atoms with Crippen molar-refractivity contribution in [2.75, 3.05) is 0 Å². The van der Waals surface area contributed by atoms with Crippen LogP contribution in [0.3, 0.4) is 0 Å². The Kier molecular flexibility index (Phi) is 6.22. The first kappa shape index (κ1) is 15.1. The monoisotopic (exact) mass is 245 g/mol. The summed E-state index contributed by atoms with van der Waals surface area (Å²) < 4.78 is 0. The molecule has 0 bridgehead atoms. The molecule has 0 spiro atoms. The molecule has 0 aliphatic rings. The third-order valence-electron chi connectivity index (χ3n) is 2.48. The number of aromatic hydroxyl groups is 2. The first-order valence-electron chi connectivity index (χ1n) is 5.28. The van der Waals surface area contributed by atoms with Gasteiger partial charge in [-0.1, -0.05) is 19.9 Å². The van der Waals surface area contributed by atoms with Gasteiger partial charge in [-0.3, -0.25) is 0 Å². The molecular weight excluding hydrogens is 226 g/mol. The quantitative estimate of drug-likeness (QED) is 0.715. The van der Waals surface area contributed by atoms with Crippen LogP contribution in [-0.4, -0.2) is 10.2 Å². The fourth-order valence-corrected chi connectivity index (χ4v) is 1.45. The van der Waals surface area contributed by atoms with Crippen molar-refractivity contribution >= 4 is 12.4 Å². The predicted octanol–water partition coefficient (Wildman–Crippen LogP) is 2.96. The van der Waals surface area contributed by atoms with E-state index in [1.165, 1.54) is 12.1 Å². The van der Waals surface area contributed by atoms with Crippen LogP contribution in [0.25, 0.3) is 0 Å². The summed E-state index contributed by atoms with van der Waals surface area (Å²) in [7, 11) is 0. The Hall–Kier alpha value is -0.930. The Morgan fingerprint density at radius 2 is 1.75 bits per heavy atom. The van der Waals surface area contributed by atoms with Crippen LogP contribution in [0, 0.1) is 5.92 Å². The van der Waals surface area contributed by atoms with Gasteiger partial charge in [-0.2, -0.15) is 0 Å². The minimum Gasteiger partial charge on any atom is -0.504 e. The van der Waals surface area contributed by atoms with Crippen LogP contribution in [0.2, 0.25) is 0 Å². The smallest absolute Gasteiger partial charge is 0.157 e. The van der Waals surface area contributed by atoms with Gasteiger partial charge in [-0.15, -0.1) is 12.4 Å². The van der Waals surface area contributed by atoms with Gasteiger partial charge < -0.3 is 15.9 Å². The van der Waals surface area contributed by atoms with Gasteiger partial charge in [0.15, 0.2) is 11.5 Å². The summed E-state index contributed by atoms with van der Waals surface area (Å²) in [6, 6.07) is 4.68. The first-order valence-corrected chi connectivity index (χ1v) is 5.28. The number of halogens is 1. The van der Waals surface area contributed by atoms with Crippen LogP contribution < -0.4 is 5.73 Å². The van der Waals surface area contributed by atoms with Crippen molar-refractivity contribution in [3.8, 4) is 11.5 Å². The van der Waals surface area contributed by atoms with Crippen molar-refractivity contribution in [3.05, 3.63) is 23.8 Å². The molecule has 0 saturated carbocycles. The molecule has 1 atom stereocenters. The second-order valence-corrected chi connectivity index (χ2v) is 4.33. The molecule has 1 aromatic rings. The lowest BCUT2D eigenvalue weighted by atomic mass is 9.98. The second-order valence-electron chi connectivity index (χ2n) is 4.33. The zero-order valence-corrected chi connectivity index (χ0v) is 10.5. The number of benzene rings is 1. The van der Waals surface area contributed by atoms with Crippen LogP contribution in [0.1, 0.15) is 38.3 Å². The molecule has 0 amide bonds. The molecule has 4 heteroatoms. The van der Waals surface area contributed by atoms with Gasteiger partial charge in [0, 0.05) is 6.04 Å². The SMILES string of the molecule is CC(C)CC[C@@H](N)c1ccc(O)c(O)c1.Cl. The molecule has 3 nitrogen and oxygen atoms in total. The summed E-state index contributed by atoms with van der Waals surface area (Å²) in [5, 5.41) is 18.5. The molecule has 4 N–H and O–H groups in total. The average molecular weight is 246 g/mol. The van der Waals surface area contributed by atoms with E-state index in [1.807, 2.05) is 0 Å². The molecule has 1 rings (SSSR count). The summed E-state index contributed by atoms with van der Waals surface area (Å²) in [5.74, 6) is 0.420. The van der Waals surface area contributed by atoms with Gasteiger partial charge in [0.25, 0.3) is 0 Å². The normalized spacial score (nSPS) is 12.2. The molecule has 0 heterocycles. The standard InChI is InChI=1S/C12H19NO2.ClH/c1-8(2)3-5-10(13)9-4-6-11(14)12(15)7-9;/h4,6-8,10,14-15H,3,5,13H2,1-2H3;1H/t10-;/m1./s1. The Bertz CT molecular complexity index is 329. The summed E-state index contributed by atoms with van der Waals surface area (Å²) in [6.07, 6.45) is 1.95. The number of hydrogen-bond acceptors (Lipinski definition) is 3. The summed E-state index contributed by atoms with van der Waals surface area (Å²) >= 11 is 0. The van der Waals surface area contributed by atoms with Crippen LogP contribution in [0.4, 0.5) is 0 Å². The van der Waals surface area contributed by atoms with Crippen LogP contribution in [0.5, 0.6) is 11.5 Å². The maximum atomic E-state index is 9.32. The van der Waals surface area contributed by atoms with Gasteiger partial charge in [0.2, 0.25) is 0 Å². The Balaban J connectivity index is 0.00000225. The maximum Gasteiger partial charge on any atom is 0.157 e. The lowest BCUT2D eigenvalue weighted by molar-refractivity contribution is 0.402. The lowest BCUT2D eigenvalue weighted by Crippen LogP contribution is -2.11. The lowest BCUT2D eigenvalue weighted by Gasteiger charge is -2.14. The van der Waals surface area contributed by atoms with Crippen molar-refractivity contribution in [1.82, 2.24) is 0 Å². The molecule has 92 valence electrons.